The second-order valence-electron chi connectivity index (χ2n) is 4.28. The van der Waals surface area contributed by atoms with Crippen molar-refractivity contribution in [3.63, 3.8) is 0 Å². The highest BCUT2D eigenvalue weighted by Gasteiger charge is 2.11. The standard InChI is InChI=1S/C12H20N2O2S2/c1-3-7-13-11(15-9-5-1)17-18-12-14-8-4-2-6-10-16-12/h1-10H2. The van der Waals surface area contributed by atoms with E-state index in [4.69, 9.17) is 9.47 Å². The number of rotatable bonds is 0. The summed E-state index contributed by atoms with van der Waals surface area (Å²) in [4.78, 5) is 8.87. The Morgan fingerprint density at radius 3 is 1.67 bits per heavy atom. The van der Waals surface area contributed by atoms with Crippen LogP contribution >= 0.6 is 21.6 Å². The molecule has 0 aromatic heterocycles. The molecular weight excluding hydrogens is 268 g/mol. The number of aliphatic imine (C=N–C) groups is 2. The molecule has 0 unspecified atom stereocenters. The van der Waals surface area contributed by atoms with Crippen molar-refractivity contribution in [2.75, 3.05) is 26.3 Å². The second-order valence-corrected chi connectivity index (χ2v) is 6.31. The normalized spacial score (nSPS) is 22.2. The van der Waals surface area contributed by atoms with E-state index in [1.54, 1.807) is 0 Å². The lowest BCUT2D eigenvalue weighted by Gasteiger charge is -2.13. The van der Waals surface area contributed by atoms with Crippen LogP contribution in [0.2, 0.25) is 0 Å². The molecule has 2 aliphatic heterocycles. The Bertz CT molecular complexity index is 278. The van der Waals surface area contributed by atoms with Gasteiger partial charge in [-0.25, -0.2) is 9.98 Å². The highest BCUT2D eigenvalue weighted by Crippen LogP contribution is 2.27. The van der Waals surface area contributed by atoms with Crippen LogP contribution in [-0.2, 0) is 9.47 Å². The summed E-state index contributed by atoms with van der Waals surface area (Å²) in [5.74, 6) is 0. The molecule has 2 rings (SSSR count). The van der Waals surface area contributed by atoms with Gasteiger partial charge in [0.1, 0.15) is 0 Å². The predicted molar refractivity (Wildman–Crippen MR) is 79.4 cm³/mol. The van der Waals surface area contributed by atoms with Gasteiger partial charge in [-0.15, -0.1) is 0 Å². The zero-order valence-electron chi connectivity index (χ0n) is 10.6. The summed E-state index contributed by atoms with van der Waals surface area (Å²) in [6.07, 6.45) is 7.00. The fraction of sp³-hybridized carbons (Fsp3) is 0.833. The summed E-state index contributed by atoms with van der Waals surface area (Å²) in [6.45, 7) is 3.30. The molecule has 0 bridgehead atoms. The summed E-state index contributed by atoms with van der Waals surface area (Å²) in [5, 5.41) is 1.54. The summed E-state index contributed by atoms with van der Waals surface area (Å²) in [7, 11) is 3.06. The van der Waals surface area contributed by atoms with Gasteiger partial charge < -0.3 is 9.47 Å². The van der Waals surface area contributed by atoms with Gasteiger partial charge in [-0.05, 0) is 38.5 Å². The van der Waals surface area contributed by atoms with Crippen molar-refractivity contribution in [3.05, 3.63) is 0 Å². The molecule has 0 saturated carbocycles. The molecule has 4 nitrogen and oxygen atoms in total. The first kappa shape index (κ1) is 14.1. The molecule has 2 heterocycles. The number of hydrogen-bond acceptors (Lipinski definition) is 6. The summed E-state index contributed by atoms with van der Waals surface area (Å²) >= 11 is 0. The third-order valence-electron chi connectivity index (χ3n) is 2.72. The zero-order valence-corrected chi connectivity index (χ0v) is 12.2. The van der Waals surface area contributed by atoms with Crippen molar-refractivity contribution in [3.8, 4) is 0 Å². The van der Waals surface area contributed by atoms with E-state index >= 15 is 0 Å². The van der Waals surface area contributed by atoms with Crippen LogP contribution in [0, 0.1) is 0 Å². The minimum absolute atomic E-state index is 0.771. The van der Waals surface area contributed by atoms with Crippen LogP contribution in [-0.4, -0.2) is 36.8 Å². The summed E-state index contributed by atoms with van der Waals surface area (Å²) < 4.78 is 11.2. The van der Waals surface area contributed by atoms with Crippen molar-refractivity contribution in [2.24, 2.45) is 9.98 Å². The van der Waals surface area contributed by atoms with Gasteiger partial charge in [0.05, 0.1) is 13.2 Å². The molecule has 2 aliphatic rings. The summed E-state index contributed by atoms with van der Waals surface area (Å²) in [6, 6.07) is 0. The smallest absolute Gasteiger partial charge is 0.257 e. The molecule has 0 radical (unpaired) electrons. The van der Waals surface area contributed by atoms with Crippen LogP contribution < -0.4 is 0 Å². The summed E-state index contributed by atoms with van der Waals surface area (Å²) in [5.41, 5.74) is 0. The van der Waals surface area contributed by atoms with Crippen LogP contribution in [0.15, 0.2) is 9.98 Å². The molecule has 6 heteroatoms. The lowest BCUT2D eigenvalue weighted by Crippen LogP contribution is -2.08. The van der Waals surface area contributed by atoms with Gasteiger partial charge in [-0.2, -0.15) is 0 Å². The molecule has 0 fully saturated rings. The predicted octanol–water partition coefficient (Wildman–Crippen LogP) is 3.48. The lowest BCUT2D eigenvalue weighted by molar-refractivity contribution is 0.294. The molecule has 0 atom stereocenters. The first-order valence-corrected chi connectivity index (χ1v) is 8.79. The molecule has 0 amide bonds. The number of hydrogen-bond donors (Lipinski definition) is 0. The fourth-order valence-electron chi connectivity index (χ4n) is 1.70. The van der Waals surface area contributed by atoms with Crippen LogP contribution in [0.4, 0.5) is 0 Å². The highest BCUT2D eigenvalue weighted by atomic mass is 33.1. The quantitative estimate of drug-likeness (QED) is 0.640. The van der Waals surface area contributed by atoms with Gasteiger partial charge in [0.2, 0.25) is 0 Å². The maximum Gasteiger partial charge on any atom is 0.257 e. The van der Waals surface area contributed by atoms with Crippen LogP contribution in [0.3, 0.4) is 0 Å². The Kier molecular flexibility index (Phi) is 6.79. The maximum absolute atomic E-state index is 5.61. The lowest BCUT2D eigenvalue weighted by atomic mass is 10.2. The van der Waals surface area contributed by atoms with E-state index in [1.165, 1.54) is 34.4 Å². The number of nitrogens with zero attached hydrogens (tertiary/aromatic N) is 2. The van der Waals surface area contributed by atoms with E-state index in [-0.39, 0.29) is 0 Å². The van der Waals surface area contributed by atoms with E-state index in [0.717, 1.165) is 62.4 Å². The van der Waals surface area contributed by atoms with Crippen molar-refractivity contribution in [1.29, 1.82) is 0 Å². The highest BCUT2D eigenvalue weighted by molar-refractivity contribution is 8.87. The first-order valence-electron chi connectivity index (χ1n) is 6.64. The van der Waals surface area contributed by atoms with E-state index in [9.17, 15) is 0 Å². The van der Waals surface area contributed by atoms with Crippen LogP contribution in [0.1, 0.15) is 38.5 Å². The first-order chi connectivity index (χ1) is 8.95. The van der Waals surface area contributed by atoms with Gasteiger partial charge in [0, 0.05) is 34.7 Å². The Morgan fingerprint density at radius 2 is 1.17 bits per heavy atom. The average Bonchev–Trinajstić information content (AvgIpc) is 2.29. The molecule has 0 aliphatic carbocycles. The minimum atomic E-state index is 0.771. The van der Waals surface area contributed by atoms with Crippen molar-refractivity contribution < 1.29 is 9.47 Å². The zero-order chi connectivity index (χ0) is 12.5. The van der Waals surface area contributed by atoms with Gasteiger partial charge in [-0.1, -0.05) is 0 Å². The SMILES string of the molecule is C1CCN=C(SSC2=NCCCCCO2)OCC1. The minimum Gasteiger partial charge on any atom is -0.472 e. The average molecular weight is 288 g/mol. The van der Waals surface area contributed by atoms with Crippen molar-refractivity contribution >= 4 is 32.0 Å². The third-order valence-corrected chi connectivity index (χ3v) is 4.69. The second kappa shape index (κ2) is 8.69. The molecule has 0 N–H and O–H groups in total. The monoisotopic (exact) mass is 288 g/mol. The largest absolute Gasteiger partial charge is 0.472 e. The van der Waals surface area contributed by atoms with Gasteiger partial charge in [-0.3, -0.25) is 0 Å². The topological polar surface area (TPSA) is 43.2 Å². The fourth-order valence-corrected chi connectivity index (χ4v) is 3.43. The van der Waals surface area contributed by atoms with E-state index in [0.29, 0.717) is 0 Å². The van der Waals surface area contributed by atoms with Crippen LogP contribution in [0.5, 0.6) is 0 Å². The Morgan fingerprint density at radius 1 is 0.667 bits per heavy atom. The molecule has 102 valence electrons. The van der Waals surface area contributed by atoms with Crippen molar-refractivity contribution in [2.45, 2.75) is 38.5 Å². The molecule has 0 spiro atoms. The van der Waals surface area contributed by atoms with Gasteiger partial charge >= 0.3 is 0 Å². The molecule has 0 saturated heterocycles. The van der Waals surface area contributed by atoms with Gasteiger partial charge in [0.15, 0.2) is 0 Å². The Hall–Kier alpha value is -0.360. The van der Waals surface area contributed by atoms with E-state index in [2.05, 4.69) is 9.98 Å². The van der Waals surface area contributed by atoms with E-state index < -0.39 is 0 Å². The molecule has 18 heavy (non-hydrogen) atoms. The molecular formula is C12H20N2O2S2. The van der Waals surface area contributed by atoms with Crippen molar-refractivity contribution in [1.82, 2.24) is 0 Å². The molecule has 0 aromatic rings. The molecule has 0 aromatic carbocycles. The Balaban J connectivity index is 1.77. The maximum atomic E-state index is 5.61. The third kappa shape index (κ3) is 5.52. The van der Waals surface area contributed by atoms with Gasteiger partial charge in [0.25, 0.3) is 10.5 Å². The van der Waals surface area contributed by atoms with E-state index in [1.807, 2.05) is 0 Å². The number of ether oxygens (including phenoxy) is 2. The van der Waals surface area contributed by atoms with Crippen LogP contribution in [0.25, 0.3) is 0 Å². The Labute approximate surface area is 116 Å².